The van der Waals surface area contributed by atoms with Crippen molar-refractivity contribution in [3.05, 3.63) is 69.8 Å². The van der Waals surface area contributed by atoms with E-state index in [1.165, 1.54) is 18.2 Å². The summed E-state index contributed by atoms with van der Waals surface area (Å²) in [4.78, 5) is 22.1. The molecule has 2 aromatic rings. The van der Waals surface area contributed by atoms with Crippen molar-refractivity contribution in [3.8, 4) is 5.75 Å². The second-order valence-corrected chi connectivity index (χ2v) is 5.11. The van der Waals surface area contributed by atoms with Crippen molar-refractivity contribution >= 4 is 17.3 Å². The lowest BCUT2D eigenvalue weighted by Crippen LogP contribution is -2.25. The first-order chi connectivity index (χ1) is 11.5. The Labute approximate surface area is 139 Å². The van der Waals surface area contributed by atoms with E-state index in [9.17, 15) is 14.9 Å². The zero-order chi connectivity index (χ0) is 17.5. The molecule has 0 aliphatic heterocycles. The molecular formula is C17H17N3O4. The van der Waals surface area contributed by atoms with Crippen molar-refractivity contribution in [2.75, 3.05) is 6.61 Å². The minimum atomic E-state index is -0.563. The van der Waals surface area contributed by atoms with E-state index in [1.54, 1.807) is 13.0 Å². The topological polar surface area (TPSA) is 93.8 Å². The number of hydrazone groups is 1. The van der Waals surface area contributed by atoms with E-state index in [4.69, 9.17) is 4.74 Å². The van der Waals surface area contributed by atoms with Crippen LogP contribution in [0.5, 0.6) is 5.75 Å². The number of ether oxygens (including phenoxy) is 1. The molecule has 0 heterocycles. The van der Waals surface area contributed by atoms with Crippen molar-refractivity contribution in [1.82, 2.24) is 5.43 Å². The number of nitrogens with one attached hydrogen (secondary N) is 1. The number of rotatable bonds is 6. The summed E-state index contributed by atoms with van der Waals surface area (Å²) in [5.74, 6) is -0.462. The summed E-state index contributed by atoms with van der Waals surface area (Å²) in [5, 5.41) is 14.9. The summed E-state index contributed by atoms with van der Waals surface area (Å²) in [6.07, 6.45) is 0. The number of nitro benzene ring substituents is 1. The average molecular weight is 327 g/mol. The third-order valence-corrected chi connectivity index (χ3v) is 3.24. The molecule has 0 fully saturated rings. The second-order valence-electron chi connectivity index (χ2n) is 5.11. The van der Waals surface area contributed by atoms with Gasteiger partial charge >= 0.3 is 5.69 Å². The zero-order valence-electron chi connectivity index (χ0n) is 13.4. The fraction of sp³-hybridized carbons (Fsp3) is 0.176. The number of carbonyl (C=O) groups excluding carboxylic acids is 1. The van der Waals surface area contributed by atoms with Crippen molar-refractivity contribution in [2.24, 2.45) is 5.10 Å². The molecule has 0 radical (unpaired) electrons. The van der Waals surface area contributed by atoms with Crippen LogP contribution in [0.15, 0.2) is 53.6 Å². The molecule has 0 aromatic heterocycles. The van der Waals surface area contributed by atoms with E-state index in [0.29, 0.717) is 5.71 Å². The number of amides is 1. The van der Waals surface area contributed by atoms with Gasteiger partial charge in [0.1, 0.15) is 0 Å². The number of nitro groups is 1. The Balaban J connectivity index is 1.93. The number of hydrogen-bond donors (Lipinski definition) is 1. The van der Waals surface area contributed by atoms with Crippen molar-refractivity contribution in [2.45, 2.75) is 13.8 Å². The normalized spacial score (nSPS) is 11.0. The number of benzene rings is 2. The van der Waals surface area contributed by atoms with E-state index >= 15 is 0 Å². The highest BCUT2D eigenvalue weighted by Gasteiger charge is 2.14. The lowest BCUT2D eigenvalue weighted by molar-refractivity contribution is -0.385. The Morgan fingerprint density at radius 2 is 1.88 bits per heavy atom. The number of nitrogens with zero attached hydrogens (tertiary/aromatic N) is 2. The highest BCUT2D eigenvalue weighted by Crippen LogP contribution is 2.25. The van der Waals surface area contributed by atoms with Gasteiger partial charge in [-0.1, -0.05) is 42.0 Å². The van der Waals surface area contributed by atoms with E-state index in [0.717, 1.165) is 11.1 Å². The average Bonchev–Trinajstić information content (AvgIpc) is 2.58. The number of carbonyl (C=O) groups is 1. The largest absolute Gasteiger partial charge is 0.477 e. The maximum absolute atomic E-state index is 11.8. The molecule has 0 saturated heterocycles. The SMILES string of the molecule is C/C(=N\NC(=O)COc1ccccc1[N+](=O)[O-])c1ccc(C)cc1. The lowest BCUT2D eigenvalue weighted by atomic mass is 10.1. The van der Waals surface area contributed by atoms with Crippen LogP contribution >= 0.6 is 0 Å². The minimum absolute atomic E-state index is 0.0388. The molecule has 0 unspecified atom stereocenters. The van der Waals surface area contributed by atoms with Gasteiger partial charge in [-0.25, -0.2) is 5.43 Å². The van der Waals surface area contributed by atoms with Crippen molar-refractivity contribution < 1.29 is 14.5 Å². The second kappa shape index (κ2) is 7.87. The quantitative estimate of drug-likeness (QED) is 0.501. The van der Waals surface area contributed by atoms with Crippen molar-refractivity contribution in [1.29, 1.82) is 0 Å². The van der Waals surface area contributed by atoms with E-state index in [-0.39, 0.29) is 18.0 Å². The van der Waals surface area contributed by atoms with Gasteiger partial charge in [-0.15, -0.1) is 0 Å². The lowest BCUT2D eigenvalue weighted by Gasteiger charge is -2.06. The predicted molar refractivity (Wildman–Crippen MR) is 90.1 cm³/mol. The third kappa shape index (κ3) is 4.64. The third-order valence-electron chi connectivity index (χ3n) is 3.24. The number of aryl methyl sites for hydroxylation is 1. The maximum Gasteiger partial charge on any atom is 0.310 e. The molecule has 2 rings (SSSR count). The molecular weight excluding hydrogens is 310 g/mol. The summed E-state index contributed by atoms with van der Waals surface area (Å²) in [6.45, 7) is 3.39. The monoisotopic (exact) mass is 327 g/mol. The van der Waals surface area contributed by atoms with Gasteiger partial charge in [0.25, 0.3) is 5.91 Å². The van der Waals surface area contributed by atoms with E-state index in [1.807, 2.05) is 31.2 Å². The fourth-order valence-electron chi connectivity index (χ4n) is 1.91. The van der Waals surface area contributed by atoms with Crippen LogP contribution in [-0.2, 0) is 4.79 Å². The first-order valence-corrected chi connectivity index (χ1v) is 7.24. The van der Waals surface area contributed by atoms with Crippen LogP contribution in [0.4, 0.5) is 5.69 Å². The smallest absolute Gasteiger partial charge is 0.310 e. The summed E-state index contributed by atoms with van der Waals surface area (Å²) < 4.78 is 5.19. The van der Waals surface area contributed by atoms with E-state index in [2.05, 4.69) is 10.5 Å². The Morgan fingerprint density at radius 1 is 1.21 bits per heavy atom. The summed E-state index contributed by atoms with van der Waals surface area (Å²) in [6, 6.07) is 13.6. The van der Waals surface area contributed by atoms with Crippen molar-refractivity contribution in [3.63, 3.8) is 0 Å². The molecule has 0 aliphatic rings. The molecule has 0 spiro atoms. The van der Waals surface area contributed by atoms with Gasteiger partial charge in [-0.2, -0.15) is 5.10 Å². The first-order valence-electron chi connectivity index (χ1n) is 7.24. The first kappa shape index (κ1) is 17.1. The van der Waals surface area contributed by atoms with Crippen LogP contribution < -0.4 is 10.2 Å². The van der Waals surface area contributed by atoms with Gasteiger partial charge in [0.15, 0.2) is 12.4 Å². The summed E-state index contributed by atoms with van der Waals surface area (Å²) in [7, 11) is 0. The minimum Gasteiger partial charge on any atom is -0.477 e. The van der Waals surface area contributed by atoms with E-state index < -0.39 is 10.8 Å². The molecule has 1 N–H and O–H groups in total. The predicted octanol–water partition coefficient (Wildman–Crippen LogP) is 2.82. The Hall–Kier alpha value is -3.22. The molecule has 24 heavy (non-hydrogen) atoms. The molecule has 7 heteroatoms. The maximum atomic E-state index is 11.8. The Kier molecular flexibility index (Phi) is 5.62. The van der Waals surface area contributed by atoms with Crippen LogP contribution in [0, 0.1) is 17.0 Å². The van der Waals surface area contributed by atoms with Crippen LogP contribution in [0.1, 0.15) is 18.1 Å². The fourth-order valence-corrected chi connectivity index (χ4v) is 1.91. The molecule has 124 valence electrons. The van der Waals surface area contributed by atoms with Gasteiger partial charge in [-0.05, 0) is 25.5 Å². The molecule has 0 atom stereocenters. The molecule has 0 aliphatic carbocycles. The van der Waals surface area contributed by atoms with Gasteiger partial charge in [-0.3, -0.25) is 14.9 Å². The highest BCUT2D eigenvalue weighted by atomic mass is 16.6. The highest BCUT2D eigenvalue weighted by molar-refractivity contribution is 5.99. The number of hydrogen-bond acceptors (Lipinski definition) is 5. The van der Waals surface area contributed by atoms with Gasteiger partial charge in [0.05, 0.1) is 10.6 Å². The summed E-state index contributed by atoms with van der Waals surface area (Å²) in [5.41, 5.74) is 4.85. The Bertz CT molecular complexity index is 770. The van der Waals surface area contributed by atoms with Crippen LogP contribution in [-0.4, -0.2) is 23.1 Å². The van der Waals surface area contributed by atoms with Crippen LogP contribution in [0.2, 0.25) is 0 Å². The summed E-state index contributed by atoms with van der Waals surface area (Å²) >= 11 is 0. The van der Waals surface area contributed by atoms with Crippen LogP contribution in [0.3, 0.4) is 0 Å². The van der Waals surface area contributed by atoms with Gasteiger partial charge in [0.2, 0.25) is 0 Å². The molecule has 7 nitrogen and oxygen atoms in total. The zero-order valence-corrected chi connectivity index (χ0v) is 13.4. The molecule has 2 aromatic carbocycles. The molecule has 0 saturated carbocycles. The van der Waals surface area contributed by atoms with Gasteiger partial charge in [0, 0.05) is 6.07 Å². The Morgan fingerprint density at radius 3 is 2.54 bits per heavy atom. The molecule has 1 amide bonds. The number of para-hydroxylation sites is 2. The standard InChI is InChI=1S/C17H17N3O4/c1-12-7-9-14(10-8-12)13(2)18-19-17(21)11-24-16-6-4-3-5-15(16)20(22)23/h3-10H,11H2,1-2H3,(H,19,21)/b18-13+. The van der Waals surface area contributed by atoms with Gasteiger partial charge < -0.3 is 4.74 Å². The van der Waals surface area contributed by atoms with Crippen LogP contribution in [0.25, 0.3) is 0 Å². The molecule has 0 bridgehead atoms.